The minimum atomic E-state index is -1.16. The number of nitrogens with zero attached hydrogens (tertiary/aromatic N) is 2. The molecule has 0 aliphatic rings. The van der Waals surface area contributed by atoms with Crippen LogP contribution in [-0.4, -0.2) is 20.4 Å². The largest absolute Gasteiger partial charge is 0.381 e. The molecule has 1 atom stereocenters. The highest BCUT2D eigenvalue weighted by Gasteiger charge is 2.08. The zero-order chi connectivity index (χ0) is 9.30. The molecule has 0 radical (unpaired) electrons. The Morgan fingerprint density at radius 2 is 1.75 bits per heavy atom. The predicted octanol–water partition coefficient (Wildman–Crippen LogP) is 0.413. The van der Waals surface area contributed by atoms with Gasteiger partial charge in [-0.25, -0.2) is 9.97 Å². The fourth-order valence-electron chi connectivity index (χ4n) is 0.811. The molecule has 1 heterocycles. The third-order valence-corrected chi connectivity index (χ3v) is 2.42. The zero-order valence-corrected chi connectivity index (χ0v) is 8.10. The smallest absolute Gasteiger partial charge is 0.169 e. The number of aromatic nitrogens is 2. The monoisotopic (exact) mass is 185 g/mol. The van der Waals surface area contributed by atoms with Crippen molar-refractivity contribution >= 4 is 16.6 Å². The minimum absolute atomic E-state index is 0.263. The Bertz CT molecular complexity index is 338. The molecule has 0 aliphatic heterocycles. The van der Waals surface area contributed by atoms with Crippen molar-refractivity contribution in [2.75, 3.05) is 12.0 Å². The van der Waals surface area contributed by atoms with Crippen LogP contribution in [0.1, 0.15) is 11.4 Å². The lowest BCUT2D eigenvalue weighted by Crippen LogP contribution is -2.05. The summed E-state index contributed by atoms with van der Waals surface area (Å²) in [7, 11) is -1.16. The zero-order valence-electron chi connectivity index (χ0n) is 7.29. The van der Waals surface area contributed by atoms with Crippen molar-refractivity contribution in [3.8, 4) is 0 Å². The second kappa shape index (κ2) is 3.18. The van der Waals surface area contributed by atoms with Crippen LogP contribution in [0, 0.1) is 13.8 Å². The molecular formula is C7H11N3OS. The van der Waals surface area contributed by atoms with E-state index in [0.717, 1.165) is 11.4 Å². The van der Waals surface area contributed by atoms with Crippen molar-refractivity contribution in [3.63, 3.8) is 0 Å². The van der Waals surface area contributed by atoms with Gasteiger partial charge in [0.15, 0.2) is 10.8 Å². The molecule has 0 bridgehead atoms. The van der Waals surface area contributed by atoms with E-state index in [1.54, 1.807) is 0 Å². The summed E-state index contributed by atoms with van der Waals surface area (Å²) in [5, 5.41) is 0.373. The molecule has 0 spiro atoms. The molecule has 0 aromatic carbocycles. The maximum Gasteiger partial charge on any atom is 0.169 e. The minimum Gasteiger partial charge on any atom is -0.381 e. The fourth-order valence-corrected chi connectivity index (χ4v) is 1.42. The lowest BCUT2D eigenvalue weighted by molar-refractivity contribution is 0.683. The Morgan fingerprint density at radius 3 is 2.25 bits per heavy atom. The van der Waals surface area contributed by atoms with E-state index in [1.807, 2.05) is 13.8 Å². The van der Waals surface area contributed by atoms with Gasteiger partial charge >= 0.3 is 0 Å². The van der Waals surface area contributed by atoms with Gasteiger partial charge in [-0.2, -0.15) is 0 Å². The lowest BCUT2D eigenvalue weighted by atomic mass is 10.3. The first-order chi connectivity index (χ1) is 5.52. The van der Waals surface area contributed by atoms with Gasteiger partial charge in [0, 0.05) is 6.26 Å². The molecule has 4 nitrogen and oxygen atoms in total. The Balaban J connectivity index is 3.33. The van der Waals surface area contributed by atoms with Crippen LogP contribution in [-0.2, 0) is 10.8 Å². The van der Waals surface area contributed by atoms with Crippen molar-refractivity contribution in [3.05, 3.63) is 11.4 Å². The van der Waals surface area contributed by atoms with Gasteiger partial charge in [0.2, 0.25) is 0 Å². The molecule has 12 heavy (non-hydrogen) atoms. The highest BCUT2D eigenvalue weighted by Crippen LogP contribution is 2.12. The van der Waals surface area contributed by atoms with Crippen LogP contribution in [0.25, 0.3) is 0 Å². The van der Waals surface area contributed by atoms with Crippen molar-refractivity contribution in [1.29, 1.82) is 0 Å². The molecule has 1 aromatic heterocycles. The second-order valence-corrected chi connectivity index (χ2v) is 3.83. The van der Waals surface area contributed by atoms with Crippen LogP contribution in [0.2, 0.25) is 0 Å². The standard InChI is InChI=1S/C7H11N3OS/c1-4-5(2)10-7(12(3)11)6(8)9-4/h1-3H3,(H2,8,9)/t12-/m0/s1. The molecule has 0 unspecified atom stereocenters. The first-order valence-corrected chi connectivity index (χ1v) is 5.02. The molecule has 66 valence electrons. The third-order valence-electron chi connectivity index (χ3n) is 1.57. The summed E-state index contributed by atoms with van der Waals surface area (Å²) in [5.74, 6) is 0.263. The van der Waals surface area contributed by atoms with Crippen molar-refractivity contribution in [1.82, 2.24) is 9.97 Å². The van der Waals surface area contributed by atoms with E-state index in [4.69, 9.17) is 5.73 Å². The van der Waals surface area contributed by atoms with Crippen LogP contribution >= 0.6 is 0 Å². The fraction of sp³-hybridized carbons (Fsp3) is 0.429. The summed E-state index contributed by atoms with van der Waals surface area (Å²) < 4.78 is 11.1. The normalized spacial score (nSPS) is 12.9. The van der Waals surface area contributed by atoms with Crippen LogP contribution in [0.15, 0.2) is 5.03 Å². The average Bonchev–Trinajstić information content (AvgIpc) is 1.96. The topological polar surface area (TPSA) is 68.9 Å². The lowest BCUT2D eigenvalue weighted by Gasteiger charge is -2.03. The van der Waals surface area contributed by atoms with Crippen molar-refractivity contribution < 1.29 is 4.21 Å². The van der Waals surface area contributed by atoms with Crippen LogP contribution in [0.3, 0.4) is 0 Å². The molecule has 0 amide bonds. The van der Waals surface area contributed by atoms with E-state index >= 15 is 0 Å². The van der Waals surface area contributed by atoms with E-state index in [9.17, 15) is 4.21 Å². The van der Waals surface area contributed by atoms with E-state index in [0.29, 0.717) is 5.03 Å². The summed E-state index contributed by atoms with van der Waals surface area (Å²) in [5.41, 5.74) is 7.08. The van der Waals surface area contributed by atoms with Gasteiger partial charge in [-0.3, -0.25) is 4.21 Å². The first kappa shape index (κ1) is 9.12. The van der Waals surface area contributed by atoms with E-state index in [1.165, 1.54) is 6.26 Å². The van der Waals surface area contributed by atoms with Crippen LogP contribution in [0.5, 0.6) is 0 Å². The number of nitrogen functional groups attached to an aromatic ring is 1. The van der Waals surface area contributed by atoms with Gasteiger partial charge < -0.3 is 5.73 Å². The number of hydrogen-bond donors (Lipinski definition) is 1. The maximum absolute atomic E-state index is 11.1. The summed E-state index contributed by atoms with van der Waals surface area (Å²) in [6.45, 7) is 3.64. The van der Waals surface area contributed by atoms with E-state index in [2.05, 4.69) is 9.97 Å². The van der Waals surface area contributed by atoms with Crippen LogP contribution < -0.4 is 5.73 Å². The highest BCUT2D eigenvalue weighted by molar-refractivity contribution is 7.84. The Morgan fingerprint density at radius 1 is 1.25 bits per heavy atom. The first-order valence-electron chi connectivity index (χ1n) is 3.46. The SMILES string of the molecule is Cc1nc(N)c([S@](C)=O)nc1C. The Kier molecular flexibility index (Phi) is 2.42. The summed E-state index contributed by atoms with van der Waals surface area (Å²) >= 11 is 0. The molecule has 0 aliphatic carbocycles. The second-order valence-electron chi connectivity index (χ2n) is 2.54. The summed E-state index contributed by atoms with van der Waals surface area (Å²) in [6.07, 6.45) is 1.54. The average molecular weight is 185 g/mol. The molecule has 1 aromatic rings. The van der Waals surface area contributed by atoms with E-state index < -0.39 is 10.8 Å². The van der Waals surface area contributed by atoms with Gasteiger partial charge in [-0.05, 0) is 13.8 Å². The number of aryl methyl sites for hydroxylation is 2. The molecule has 2 N–H and O–H groups in total. The van der Waals surface area contributed by atoms with Crippen molar-refractivity contribution in [2.24, 2.45) is 0 Å². The van der Waals surface area contributed by atoms with Gasteiger partial charge in [0.25, 0.3) is 0 Å². The molecule has 5 heteroatoms. The predicted molar refractivity (Wildman–Crippen MR) is 48.3 cm³/mol. The van der Waals surface area contributed by atoms with Crippen molar-refractivity contribution in [2.45, 2.75) is 18.9 Å². The Hall–Kier alpha value is -0.970. The summed E-state index contributed by atoms with van der Waals surface area (Å²) in [4.78, 5) is 8.10. The molecule has 0 saturated carbocycles. The van der Waals surface area contributed by atoms with Gasteiger partial charge in [0.05, 0.1) is 22.2 Å². The summed E-state index contributed by atoms with van der Waals surface area (Å²) in [6, 6.07) is 0. The molecule has 0 saturated heterocycles. The molecule has 0 fully saturated rings. The quantitative estimate of drug-likeness (QED) is 0.688. The molecular weight excluding hydrogens is 174 g/mol. The third kappa shape index (κ3) is 1.61. The van der Waals surface area contributed by atoms with Crippen LogP contribution in [0.4, 0.5) is 5.82 Å². The van der Waals surface area contributed by atoms with Gasteiger partial charge in [0.1, 0.15) is 0 Å². The van der Waals surface area contributed by atoms with E-state index in [-0.39, 0.29) is 5.82 Å². The van der Waals surface area contributed by atoms with Gasteiger partial charge in [-0.1, -0.05) is 0 Å². The number of anilines is 1. The Labute approximate surface area is 73.7 Å². The highest BCUT2D eigenvalue weighted by atomic mass is 32.2. The number of nitrogens with two attached hydrogens (primary N) is 1. The maximum atomic E-state index is 11.1. The number of rotatable bonds is 1. The van der Waals surface area contributed by atoms with Gasteiger partial charge in [-0.15, -0.1) is 0 Å². The number of hydrogen-bond acceptors (Lipinski definition) is 4. The molecule has 1 rings (SSSR count).